The molecule has 0 N–H and O–H groups in total. The highest BCUT2D eigenvalue weighted by atomic mass is 19.1. The Labute approximate surface area is 168 Å². The highest BCUT2D eigenvalue weighted by molar-refractivity contribution is 5.46. The van der Waals surface area contributed by atoms with Gasteiger partial charge in [-0.3, -0.25) is 4.90 Å². The molecule has 0 spiro atoms. The number of hydrogen-bond donors (Lipinski definition) is 0. The van der Waals surface area contributed by atoms with E-state index in [1.54, 1.807) is 12.1 Å². The summed E-state index contributed by atoms with van der Waals surface area (Å²) in [5.74, 6) is -0.156. The van der Waals surface area contributed by atoms with Crippen LogP contribution < -0.4 is 4.90 Å². The average molecular weight is 382 g/mol. The van der Waals surface area contributed by atoms with Crippen LogP contribution in [0.5, 0.6) is 0 Å². The molecule has 0 aliphatic carbocycles. The molecule has 3 nitrogen and oxygen atoms in total. The Hall–Kier alpha value is -1.91. The van der Waals surface area contributed by atoms with Crippen molar-refractivity contribution in [2.45, 2.75) is 31.7 Å². The topological polar surface area (TPSA) is 9.72 Å². The summed E-state index contributed by atoms with van der Waals surface area (Å²) in [5, 5.41) is 0. The number of anilines is 1. The number of benzene rings is 2. The minimum Gasteiger partial charge on any atom is -0.369 e. The van der Waals surface area contributed by atoms with Crippen LogP contribution in [0.4, 0.5) is 10.1 Å². The van der Waals surface area contributed by atoms with Crippen molar-refractivity contribution in [3.05, 3.63) is 66.0 Å². The second-order valence-corrected chi connectivity index (χ2v) is 8.19. The summed E-state index contributed by atoms with van der Waals surface area (Å²) in [6.07, 6.45) is 5.06. The molecular weight excluding hydrogens is 349 g/mol. The fourth-order valence-electron chi connectivity index (χ4n) is 4.68. The van der Waals surface area contributed by atoms with Crippen LogP contribution in [-0.2, 0) is 6.42 Å². The molecule has 2 aliphatic rings. The molecule has 2 aliphatic heterocycles. The average Bonchev–Trinajstić information content (AvgIpc) is 2.75. The van der Waals surface area contributed by atoms with Gasteiger partial charge in [0.1, 0.15) is 5.82 Å². The third kappa shape index (κ3) is 5.12. The molecule has 2 aromatic rings. The molecular formula is C24H32FN3. The molecule has 150 valence electrons. The largest absolute Gasteiger partial charge is 0.369 e. The Bertz CT molecular complexity index is 710. The Morgan fingerprint density at radius 3 is 2.36 bits per heavy atom. The van der Waals surface area contributed by atoms with Crippen LogP contribution in [0.3, 0.4) is 0 Å². The van der Waals surface area contributed by atoms with Gasteiger partial charge in [-0.05, 0) is 68.6 Å². The van der Waals surface area contributed by atoms with E-state index in [0.29, 0.717) is 6.04 Å². The van der Waals surface area contributed by atoms with E-state index in [2.05, 4.69) is 45.0 Å². The van der Waals surface area contributed by atoms with E-state index >= 15 is 0 Å². The molecule has 0 amide bonds. The normalized spacial score (nSPS) is 21.8. The first kappa shape index (κ1) is 19.4. The van der Waals surface area contributed by atoms with Crippen LogP contribution in [0.1, 0.15) is 24.8 Å². The van der Waals surface area contributed by atoms with Gasteiger partial charge < -0.3 is 9.80 Å². The maximum absolute atomic E-state index is 13.1. The van der Waals surface area contributed by atoms with Gasteiger partial charge in [0.2, 0.25) is 0 Å². The molecule has 28 heavy (non-hydrogen) atoms. The number of halogens is 1. The first-order valence-corrected chi connectivity index (χ1v) is 10.8. The second kappa shape index (κ2) is 9.53. The van der Waals surface area contributed by atoms with Crippen LogP contribution in [0, 0.1) is 5.82 Å². The van der Waals surface area contributed by atoms with Crippen LogP contribution in [0.15, 0.2) is 54.6 Å². The maximum Gasteiger partial charge on any atom is 0.123 e. The molecule has 2 aromatic carbocycles. The molecule has 2 heterocycles. The third-order valence-electron chi connectivity index (χ3n) is 6.29. The van der Waals surface area contributed by atoms with Crippen molar-refractivity contribution in [2.75, 3.05) is 50.7 Å². The number of piperazine rings is 1. The predicted molar refractivity (Wildman–Crippen MR) is 114 cm³/mol. The Balaban J connectivity index is 1.22. The highest BCUT2D eigenvalue weighted by Crippen LogP contribution is 2.21. The molecule has 2 saturated heterocycles. The van der Waals surface area contributed by atoms with Crippen LogP contribution in [0.25, 0.3) is 0 Å². The lowest BCUT2D eigenvalue weighted by Gasteiger charge is -2.44. The quantitative estimate of drug-likeness (QED) is 0.748. The molecule has 1 unspecified atom stereocenters. The third-order valence-corrected chi connectivity index (χ3v) is 6.29. The first-order chi connectivity index (χ1) is 13.8. The van der Waals surface area contributed by atoms with Crippen LogP contribution in [0.2, 0.25) is 0 Å². The number of aryl methyl sites for hydroxylation is 1. The second-order valence-electron chi connectivity index (χ2n) is 8.19. The smallest absolute Gasteiger partial charge is 0.123 e. The molecule has 4 rings (SSSR count). The Morgan fingerprint density at radius 2 is 1.61 bits per heavy atom. The van der Waals surface area contributed by atoms with Gasteiger partial charge in [-0.2, -0.15) is 0 Å². The summed E-state index contributed by atoms with van der Waals surface area (Å²) < 4.78 is 13.1. The number of likely N-dealkylation sites (tertiary alicyclic amines) is 1. The van der Waals surface area contributed by atoms with Crippen molar-refractivity contribution in [3.8, 4) is 0 Å². The standard InChI is InChI=1S/C24H32FN3/c25-22-10-12-23(13-11-22)27-16-18-28(19-17-27)24-9-5-15-26(20-24)14-4-8-21-6-2-1-3-7-21/h1-3,6-7,10-13,24H,4-5,8-9,14-20H2. The lowest BCUT2D eigenvalue weighted by Crippen LogP contribution is -2.55. The van der Waals surface area contributed by atoms with E-state index in [-0.39, 0.29) is 5.82 Å². The van der Waals surface area contributed by atoms with Crippen molar-refractivity contribution in [3.63, 3.8) is 0 Å². The van der Waals surface area contributed by atoms with E-state index < -0.39 is 0 Å². The summed E-state index contributed by atoms with van der Waals surface area (Å²) >= 11 is 0. The number of nitrogens with zero attached hydrogens (tertiary/aromatic N) is 3. The number of hydrogen-bond acceptors (Lipinski definition) is 3. The molecule has 0 saturated carbocycles. The van der Waals surface area contributed by atoms with E-state index in [9.17, 15) is 4.39 Å². The maximum atomic E-state index is 13.1. The van der Waals surface area contributed by atoms with Gasteiger partial charge in [0.25, 0.3) is 0 Å². The molecule has 0 bridgehead atoms. The monoisotopic (exact) mass is 381 g/mol. The first-order valence-electron chi connectivity index (χ1n) is 10.8. The van der Waals surface area contributed by atoms with Gasteiger partial charge in [-0.1, -0.05) is 30.3 Å². The van der Waals surface area contributed by atoms with Crippen molar-refractivity contribution >= 4 is 5.69 Å². The summed E-state index contributed by atoms with van der Waals surface area (Å²) in [4.78, 5) is 7.74. The summed E-state index contributed by atoms with van der Waals surface area (Å²) in [6.45, 7) is 7.97. The van der Waals surface area contributed by atoms with E-state index in [4.69, 9.17) is 0 Å². The van der Waals surface area contributed by atoms with Crippen LogP contribution in [-0.4, -0.2) is 61.7 Å². The zero-order valence-electron chi connectivity index (χ0n) is 16.8. The van der Waals surface area contributed by atoms with Crippen molar-refractivity contribution in [1.82, 2.24) is 9.80 Å². The van der Waals surface area contributed by atoms with Gasteiger partial charge in [-0.25, -0.2) is 4.39 Å². The minimum absolute atomic E-state index is 0.156. The fourth-order valence-corrected chi connectivity index (χ4v) is 4.68. The van der Waals surface area contributed by atoms with E-state index in [1.807, 2.05) is 12.1 Å². The van der Waals surface area contributed by atoms with Gasteiger partial charge >= 0.3 is 0 Å². The van der Waals surface area contributed by atoms with Gasteiger partial charge in [0.15, 0.2) is 0 Å². The summed E-state index contributed by atoms with van der Waals surface area (Å²) in [6, 6.07) is 18.5. The molecule has 4 heteroatoms. The molecule has 0 radical (unpaired) electrons. The van der Waals surface area contributed by atoms with Gasteiger partial charge in [0, 0.05) is 44.5 Å². The molecule has 1 atom stereocenters. The van der Waals surface area contributed by atoms with Crippen molar-refractivity contribution < 1.29 is 4.39 Å². The zero-order chi connectivity index (χ0) is 19.2. The van der Waals surface area contributed by atoms with Crippen molar-refractivity contribution in [1.29, 1.82) is 0 Å². The zero-order valence-corrected chi connectivity index (χ0v) is 16.8. The number of piperidine rings is 1. The van der Waals surface area contributed by atoms with Crippen LogP contribution >= 0.6 is 0 Å². The minimum atomic E-state index is -0.156. The SMILES string of the molecule is Fc1ccc(N2CCN(C3CCCN(CCCc4ccccc4)C3)CC2)cc1. The summed E-state index contributed by atoms with van der Waals surface area (Å²) in [5.41, 5.74) is 2.60. The van der Waals surface area contributed by atoms with Gasteiger partial charge in [-0.15, -0.1) is 0 Å². The lowest BCUT2D eigenvalue weighted by atomic mass is 10.0. The number of rotatable bonds is 6. The predicted octanol–water partition coefficient (Wildman–Crippen LogP) is 4.04. The molecule has 2 fully saturated rings. The fraction of sp³-hybridized carbons (Fsp3) is 0.500. The lowest BCUT2D eigenvalue weighted by molar-refractivity contribution is 0.0920. The summed E-state index contributed by atoms with van der Waals surface area (Å²) in [7, 11) is 0. The molecule has 0 aromatic heterocycles. The van der Waals surface area contributed by atoms with E-state index in [1.165, 1.54) is 50.9 Å². The van der Waals surface area contributed by atoms with Crippen molar-refractivity contribution in [2.24, 2.45) is 0 Å². The highest BCUT2D eigenvalue weighted by Gasteiger charge is 2.27. The Morgan fingerprint density at radius 1 is 0.857 bits per heavy atom. The van der Waals surface area contributed by atoms with Gasteiger partial charge in [0.05, 0.1) is 0 Å². The Kier molecular flexibility index (Phi) is 6.61. The van der Waals surface area contributed by atoms with E-state index in [0.717, 1.165) is 31.9 Å².